The van der Waals surface area contributed by atoms with Crippen LogP contribution in [0.15, 0.2) is 0 Å². The normalized spacial score (nSPS) is 14.7. The Morgan fingerprint density at radius 1 is 1.38 bits per heavy atom. The monoisotopic (exact) mass is 304 g/mol. The number of aromatic nitrogens is 2. The lowest BCUT2D eigenvalue weighted by Crippen LogP contribution is -2.23. The average molecular weight is 304 g/mol. The van der Waals surface area contributed by atoms with Crippen molar-refractivity contribution in [2.45, 2.75) is 39.2 Å². The average Bonchev–Trinajstić information content (AvgIpc) is 2.55. The van der Waals surface area contributed by atoms with Crippen LogP contribution in [0.4, 0.5) is 0 Å². The number of nitrogens with zero attached hydrogens (tertiary/aromatic N) is 3. The lowest BCUT2D eigenvalue weighted by molar-refractivity contribution is 0.0820. The van der Waals surface area contributed by atoms with Crippen LogP contribution in [-0.2, 0) is 13.1 Å². The van der Waals surface area contributed by atoms with Gasteiger partial charge in [0.05, 0.1) is 11.3 Å². The van der Waals surface area contributed by atoms with E-state index in [-0.39, 0.29) is 5.91 Å². The van der Waals surface area contributed by atoms with Gasteiger partial charge in [-0.25, -0.2) is 0 Å². The molecule has 5 nitrogen and oxygen atoms in total. The molecule has 2 rings (SSSR count). The first-order valence-corrected chi connectivity index (χ1v) is 10.8. The summed E-state index contributed by atoms with van der Waals surface area (Å²) in [5.74, 6) is 3.19. The summed E-state index contributed by atoms with van der Waals surface area (Å²) in [6.07, 6.45) is 1.02. The molecule has 1 aliphatic heterocycles. The van der Waals surface area contributed by atoms with E-state index < -0.39 is 8.07 Å². The highest BCUT2D eigenvalue weighted by molar-refractivity contribution is 6.83. The molecule has 1 N–H and O–H groups in total. The Morgan fingerprint density at radius 3 is 2.71 bits per heavy atom. The van der Waals surface area contributed by atoms with Crippen LogP contribution < -0.4 is 5.32 Å². The summed E-state index contributed by atoms with van der Waals surface area (Å²) in [5.41, 5.74) is 5.71. The molecule has 0 saturated heterocycles. The van der Waals surface area contributed by atoms with Crippen LogP contribution in [0.3, 0.4) is 0 Å². The van der Waals surface area contributed by atoms with Gasteiger partial charge in [-0.2, -0.15) is 5.10 Å². The summed E-state index contributed by atoms with van der Waals surface area (Å²) in [7, 11) is 2.00. The minimum absolute atomic E-state index is 0.0737. The first kappa shape index (κ1) is 15.8. The Bertz CT molecular complexity index is 602. The van der Waals surface area contributed by atoms with E-state index in [2.05, 4.69) is 41.5 Å². The number of fused-ring (bicyclic) bond motifs is 1. The molecule has 1 aromatic rings. The number of amides is 1. The maximum atomic E-state index is 12.4. The number of hydrogen-bond acceptors (Lipinski definition) is 3. The van der Waals surface area contributed by atoms with E-state index in [1.807, 2.05) is 4.68 Å². The molecule has 0 radical (unpaired) electrons. The van der Waals surface area contributed by atoms with Gasteiger partial charge in [-0.05, 0) is 13.0 Å². The van der Waals surface area contributed by atoms with Gasteiger partial charge in [-0.1, -0.05) is 25.6 Å². The molecule has 0 fully saturated rings. The molecule has 1 aromatic heterocycles. The maximum absolute atomic E-state index is 12.4. The second-order valence-corrected chi connectivity index (χ2v) is 11.4. The molecule has 0 aliphatic carbocycles. The summed E-state index contributed by atoms with van der Waals surface area (Å²) in [5, 5.41) is 7.91. The number of carbonyl (C=O) groups is 1. The van der Waals surface area contributed by atoms with Gasteiger partial charge >= 0.3 is 0 Å². The summed E-state index contributed by atoms with van der Waals surface area (Å²) in [4.78, 5) is 13.9. The third kappa shape index (κ3) is 3.74. The fourth-order valence-electron chi connectivity index (χ4n) is 2.16. The fraction of sp³-hybridized carbons (Fsp3) is 0.600. The molecule has 1 aliphatic rings. The minimum atomic E-state index is -1.50. The van der Waals surface area contributed by atoms with E-state index in [1.165, 1.54) is 0 Å². The zero-order chi connectivity index (χ0) is 15.6. The molecule has 1 amide bonds. The molecule has 114 valence electrons. The van der Waals surface area contributed by atoms with Crippen LogP contribution in [0, 0.1) is 11.5 Å². The van der Waals surface area contributed by atoms with Crippen molar-refractivity contribution in [2.24, 2.45) is 0 Å². The minimum Gasteiger partial charge on any atom is -0.343 e. The van der Waals surface area contributed by atoms with E-state index >= 15 is 0 Å². The van der Waals surface area contributed by atoms with Crippen molar-refractivity contribution in [3.63, 3.8) is 0 Å². The molecule has 0 spiro atoms. The second-order valence-electron chi connectivity index (χ2n) is 6.62. The number of aryl methyl sites for hydroxylation is 1. The van der Waals surface area contributed by atoms with Crippen LogP contribution >= 0.6 is 0 Å². The van der Waals surface area contributed by atoms with Crippen molar-refractivity contribution in [2.75, 3.05) is 20.6 Å². The molecular weight excluding hydrogens is 280 g/mol. The Kier molecular flexibility index (Phi) is 4.54. The van der Waals surface area contributed by atoms with Crippen LogP contribution in [0.25, 0.3) is 0 Å². The highest BCUT2D eigenvalue weighted by atomic mass is 28.3. The summed E-state index contributed by atoms with van der Waals surface area (Å²) < 4.78 is 1.95. The molecular formula is C15H24N4OSi. The van der Waals surface area contributed by atoms with Crippen molar-refractivity contribution in [3.8, 4) is 11.5 Å². The lowest BCUT2D eigenvalue weighted by atomic mass is 10.1. The van der Waals surface area contributed by atoms with Crippen LogP contribution in [-0.4, -0.2) is 49.3 Å². The second kappa shape index (κ2) is 6.04. The molecule has 21 heavy (non-hydrogen) atoms. The van der Waals surface area contributed by atoms with Gasteiger partial charge in [0.25, 0.3) is 5.91 Å². The van der Waals surface area contributed by atoms with Crippen molar-refractivity contribution < 1.29 is 4.79 Å². The molecule has 2 heterocycles. The first-order valence-electron chi connectivity index (χ1n) is 7.35. The summed E-state index contributed by atoms with van der Waals surface area (Å²) >= 11 is 0. The fourth-order valence-corrected chi connectivity index (χ4v) is 2.66. The Hall–Kier alpha value is -1.58. The third-order valence-electron chi connectivity index (χ3n) is 3.24. The molecule has 0 atom stereocenters. The summed E-state index contributed by atoms with van der Waals surface area (Å²) in [6.45, 7) is 9.14. The van der Waals surface area contributed by atoms with Crippen molar-refractivity contribution in [1.82, 2.24) is 20.0 Å². The quantitative estimate of drug-likeness (QED) is 0.628. The number of nitrogens with one attached hydrogen (secondary N) is 1. The van der Waals surface area contributed by atoms with Crippen LogP contribution in [0.2, 0.25) is 19.6 Å². The molecule has 0 bridgehead atoms. The number of hydrogen-bond donors (Lipinski definition) is 1. The predicted molar refractivity (Wildman–Crippen MR) is 86.8 cm³/mol. The van der Waals surface area contributed by atoms with Gasteiger partial charge in [0.15, 0.2) is 5.69 Å². The van der Waals surface area contributed by atoms with Crippen molar-refractivity contribution in [3.05, 3.63) is 17.0 Å². The van der Waals surface area contributed by atoms with E-state index in [0.29, 0.717) is 5.69 Å². The Morgan fingerprint density at radius 2 is 2.10 bits per heavy atom. The van der Waals surface area contributed by atoms with Crippen molar-refractivity contribution in [1.29, 1.82) is 0 Å². The van der Waals surface area contributed by atoms with E-state index in [4.69, 9.17) is 0 Å². The van der Waals surface area contributed by atoms with Crippen LogP contribution in [0.1, 0.15) is 28.2 Å². The van der Waals surface area contributed by atoms with Gasteiger partial charge in [0, 0.05) is 27.2 Å². The standard InChI is InChI=1S/C15H24N4OSi/c1-18(2)15(20)14-12(7-10-21(3,4)5)13-11-16-8-6-9-19(13)17-14/h16H,6,8-9,11H2,1-5H3. The highest BCUT2D eigenvalue weighted by Crippen LogP contribution is 2.17. The van der Waals surface area contributed by atoms with Crippen LogP contribution in [0.5, 0.6) is 0 Å². The van der Waals surface area contributed by atoms with E-state index in [0.717, 1.165) is 37.3 Å². The predicted octanol–water partition coefficient (Wildman–Crippen LogP) is 1.31. The SMILES string of the molecule is CN(C)C(=O)c1nn2c(c1C#C[Si](C)(C)C)CNCCC2. The topological polar surface area (TPSA) is 50.2 Å². The largest absolute Gasteiger partial charge is 0.343 e. The van der Waals surface area contributed by atoms with Crippen molar-refractivity contribution >= 4 is 14.0 Å². The number of carbonyl (C=O) groups excluding carboxylic acids is 1. The third-order valence-corrected chi connectivity index (χ3v) is 4.12. The highest BCUT2D eigenvalue weighted by Gasteiger charge is 2.24. The Labute approximate surface area is 127 Å². The zero-order valence-electron chi connectivity index (χ0n) is 13.6. The molecule has 0 saturated carbocycles. The maximum Gasteiger partial charge on any atom is 0.275 e. The van der Waals surface area contributed by atoms with Gasteiger partial charge in [-0.3, -0.25) is 9.48 Å². The summed E-state index contributed by atoms with van der Waals surface area (Å²) in [6, 6.07) is 0. The van der Waals surface area contributed by atoms with Gasteiger partial charge in [0.1, 0.15) is 8.07 Å². The molecule has 0 unspecified atom stereocenters. The smallest absolute Gasteiger partial charge is 0.275 e. The van der Waals surface area contributed by atoms with Gasteiger partial charge < -0.3 is 10.2 Å². The molecule has 0 aromatic carbocycles. The Balaban J connectivity index is 2.54. The van der Waals surface area contributed by atoms with Gasteiger partial charge in [0.2, 0.25) is 0 Å². The molecule has 6 heteroatoms. The lowest BCUT2D eigenvalue weighted by Gasteiger charge is -2.08. The zero-order valence-corrected chi connectivity index (χ0v) is 14.6. The van der Waals surface area contributed by atoms with E-state index in [9.17, 15) is 4.79 Å². The van der Waals surface area contributed by atoms with E-state index in [1.54, 1.807) is 19.0 Å². The number of rotatable bonds is 1. The first-order chi connectivity index (χ1) is 9.79. The van der Waals surface area contributed by atoms with Gasteiger partial charge in [-0.15, -0.1) is 5.54 Å².